The third kappa shape index (κ3) is 5.06. The van der Waals surface area contributed by atoms with Crippen LogP contribution < -0.4 is 4.89 Å². The Kier molecular flexibility index (Phi) is 4.97. The zero-order chi connectivity index (χ0) is 4.99. The van der Waals surface area contributed by atoms with Gasteiger partial charge in [0.1, 0.15) is 0 Å². The van der Waals surface area contributed by atoms with E-state index in [9.17, 15) is 0 Å². The van der Waals surface area contributed by atoms with E-state index in [0.717, 1.165) is 0 Å². The van der Waals surface area contributed by atoms with Crippen LogP contribution in [0.15, 0.2) is 0 Å². The fourth-order valence-corrected chi connectivity index (χ4v) is 0.822. The van der Waals surface area contributed by atoms with Crippen LogP contribution in [0.5, 0.6) is 0 Å². The molecule has 0 aromatic rings. The molecule has 38 valence electrons. The molecule has 0 saturated heterocycles. The van der Waals surface area contributed by atoms with Crippen LogP contribution in [0.25, 0.3) is 0 Å². The van der Waals surface area contributed by atoms with Crippen LogP contribution >= 0.6 is 12.9 Å². The van der Waals surface area contributed by atoms with Crippen molar-refractivity contribution < 1.29 is 4.28 Å². The van der Waals surface area contributed by atoms with Gasteiger partial charge in [0, 0.05) is 0 Å². The van der Waals surface area contributed by atoms with Crippen molar-refractivity contribution in [2.45, 2.75) is 0 Å². The zero-order valence-electron chi connectivity index (χ0n) is 2.58. The molecule has 2 nitrogen and oxygen atoms in total. The molecule has 0 aromatic heterocycles. The highest BCUT2D eigenvalue weighted by Crippen LogP contribution is 1.65. The molecule has 1 N–H and O–H groups in total. The van der Waals surface area contributed by atoms with Gasteiger partial charge in [-0.2, -0.15) is 0 Å². The Hall–Kier alpha value is 1.06. The highest BCUT2D eigenvalue weighted by molar-refractivity contribution is 8.45. The third-order valence-electron chi connectivity index (χ3n) is 0.105. The van der Waals surface area contributed by atoms with E-state index in [0.29, 0.717) is 0 Å². The minimum Gasteiger partial charge on any atom is -0.265 e. The maximum absolute atomic E-state index is 4.44. The van der Waals surface area contributed by atoms with Gasteiger partial charge in [0.05, 0.1) is 0 Å². The van der Waals surface area contributed by atoms with Crippen LogP contribution in [0.4, 0.5) is 0 Å². The third-order valence-corrected chi connectivity index (χ3v) is 0.948. The number of thiol groups is 1. The van der Waals surface area contributed by atoms with Crippen molar-refractivity contribution in [2.24, 2.45) is 0 Å². The molecule has 0 aliphatic heterocycles. The lowest BCUT2D eigenvalue weighted by Gasteiger charge is -1.97. The van der Waals surface area contributed by atoms with E-state index in [1.807, 2.05) is 0 Å². The summed E-state index contributed by atoms with van der Waals surface area (Å²) in [5.74, 6) is 0. The van der Waals surface area contributed by atoms with Gasteiger partial charge in [-0.15, -0.1) is 0 Å². The second-order valence-electron chi connectivity index (χ2n) is 0.409. The van der Waals surface area contributed by atoms with Crippen molar-refractivity contribution >= 4 is 43.5 Å². The van der Waals surface area contributed by atoms with Gasteiger partial charge >= 0.3 is 0 Å². The molecule has 0 rings (SSSR count). The van der Waals surface area contributed by atoms with Gasteiger partial charge in [-0.05, 0) is 12.9 Å². The van der Waals surface area contributed by atoms with Crippen molar-refractivity contribution in [1.82, 2.24) is 4.89 Å². The van der Waals surface area contributed by atoms with Gasteiger partial charge in [0.2, 0.25) is 0 Å². The lowest BCUT2D eigenvalue weighted by molar-refractivity contribution is 0.351. The Morgan fingerprint density at radius 1 is 1.67 bits per heavy atom. The largest absolute Gasteiger partial charge is 0.265 e. The molecule has 6 heteroatoms. The molecule has 0 spiro atoms. The number of nitrogens with one attached hydrogen (secondary N) is 1. The number of rotatable bonds is 2. The van der Waals surface area contributed by atoms with Crippen molar-refractivity contribution in [3.8, 4) is 0 Å². The second kappa shape index (κ2) is 4.23. The van der Waals surface area contributed by atoms with Crippen molar-refractivity contribution in [1.29, 1.82) is 0 Å². The van der Waals surface area contributed by atoms with Crippen LogP contribution in [0.1, 0.15) is 0 Å². The number of hydrogen-bond donors (Lipinski definition) is 2. The minimum atomic E-state index is -0.698. The molecule has 0 radical (unpaired) electrons. The van der Waals surface area contributed by atoms with Crippen molar-refractivity contribution in [3.05, 3.63) is 0 Å². The fraction of sp³-hybridized carbons (Fsp3) is 0. The summed E-state index contributed by atoms with van der Waals surface area (Å²) in [5.41, 5.74) is 0. The summed E-state index contributed by atoms with van der Waals surface area (Å²) in [6.07, 6.45) is 0. The maximum Gasteiger partial charge on any atom is -0.00315 e. The van der Waals surface area contributed by atoms with Gasteiger partial charge in [0.25, 0.3) is 0 Å². The van der Waals surface area contributed by atoms with Gasteiger partial charge in [-0.1, -0.05) is 0 Å². The molecule has 0 bridgehead atoms. The minimum absolute atomic E-state index is 0.698. The van der Waals surface area contributed by atoms with Gasteiger partial charge in [-0.3, -0.25) is 17.4 Å². The van der Waals surface area contributed by atoms with E-state index in [-0.39, 0.29) is 0 Å². The Balaban J connectivity index is 3.07. The van der Waals surface area contributed by atoms with Gasteiger partial charge in [-0.25, -0.2) is 22.4 Å². The molecule has 0 saturated carbocycles. The molecular formula is H2NOS4-. The van der Waals surface area contributed by atoms with E-state index in [4.69, 9.17) is 0 Å². The quantitative estimate of drug-likeness (QED) is 0.253. The van der Waals surface area contributed by atoms with Crippen molar-refractivity contribution in [3.63, 3.8) is 0 Å². The summed E-state index contributed by atoms with van der Waals surface area (Å²) in [7, 11) is -0.698. The summed E-state index contributed by atoms with van der Waals surface area (Å²) in [4.78, 5) is 2.23. The van der Waals surface area contributed by atoms with Crippen LogP contribution in [0.3, 0.4) is 0 Å². The first-order chi connectivity index (χ1) is 2.77. The first-order valence-electron chi connectivity index (χ1n) is 0.924. The van der Waals surface area contributed by atoms with Crippen LogP contribution in [0, 0.1) is 0 Å². The summed E-state index contributed by atoms with van der Waals surface area (Å²) in [6.45, 7) is 0. The molecule has 0 aliphatic carbocycles. The summed E-state index contributed by atoms with van der Waals surface area (Å²) in [6, 6.07) is 0. The molecule has 0 fully saturated rings. The normalized spacial score (nSPS) is 9.67. The second-order valence-corrected chi connectivity index (χ2v) is 3.86. The molecule has 0 amide bonds. The van der Waals surface area contributed by atoms with E-state index < -0.39 is 8.20 Å². The maximum atomic E-state index is 4.44. The zero-order valence-corrected chi connectivity index (χ0v) is 5.92. The molecule has 0 atom stereocenters. The van der Waals surface area contributed by atoms with E-state index in [2.05, 4.69) is 44.5 Å². The highest BCUT2D eigenvalue weighted by atomic mass is 33.1. The van der Waals surface area contributed by atoms with Crippen LogP contribution in [0.2, 0.25) is 0 Å². The Morgan fingerprint density at radius 3 is 2.17 bits per heavy atom. The topological polar surface area (TPSA) is 21.3 Å². The van der Waals surface area contributed by atoms with E-state index in [1.54, 1.807) is 0 Å². The predicted octanol–water partition coefficient (Wildman–Crippen LogP) is -0.191. The van der Waals surface area contributed by atoms with Crippen LogP contribution in [-0.2, 0) is 34.9 Å². The summed E-state index contributed by atoms with van der Waals surface area (Å²) >= 11 is 12.2. The smallest absolute Gasteiger partial charge is 0.00315 e. The monoisotopic (exact) mass is 160 g/mol. The highest BCUT2D eigenvalue weighted by Gasteiger charge is 1.50. The summed E-state index contributed by atoms with van der Waals surface area (Å²) in [5, 5.41) is 0. The molecule has 0 heterocycles. The summed E-state index contributed by atoms with van der Waals surface area (Å²) < 4.78 is 4.05. The average Bonchev–Trinajstić information content (AvgIpc) is 1.35. The lowest BCUT2D eigenvalue weighted by Crippen LogP contribution is -2.01. The standard InChI is InChI=1S/H2NOS4/c3-2-1-6(4)5/h3H,(H,1,4,5)/q-1. The van der Waals surface area contributed by atoms with Crippen LogP contribution in [-0.4, -0.2) is 0 Å². The lowest BCUT2D eigenvalue weighted by atomic mass is 13.5. The predicted molar refractivity (Wildman–Crippen MR) is 35.3 cm³/mol. The molecule has 0 aliphatic rings. The Morgan fingerprint density at radius 2 is 2.17 bits per heavy atom. The van der Waals surface area contributed by atoms with E-state index >= 15 is 0 Å². The van der Waals surface area contributed by atoms with E-state index in [1.165, 1.54) is 0 Å². The molecule has 0 unspecified atom stereocenters. The fourth-order valence-electron chi connectivity index (χ4n) is 0.0304. The average molecular weight is 160 g/mol. The first kappa shape index (κ1) is 7.06. The van der Waals surface area contributed by atoms with Gasteiger partial charge < -0.3 is 0 Å². The van der Waals surface area contributed by atoms with Crippen molar-refractivity contribution in [2.75, 3.05) is 0 Å². The molecule has 6 heavy (non-hydrogen) atoms. The molecule has 0 aromatic carbocycles. The SMILES string of the molecule is S=[S-](=S)NOS. The van der Waals surface area contributed by atoms with Gasteiger partial charge in [0.15, 0.2) is 0 Å². The molecular weight excluding hydrogens is 158 g/mol. The first-order valence-corrected chi connectivity index (χ1v) is 4.36. The Bertz CT molecular complexity index is 75.5. The Labute approximate surface area is 52.8 Å². The number of hydrogen-bond acceptors (Lipinski definition) is 5.